The number of imidazole rings is 1. The summed E-state index contributed by atoms with van der Waals surface area (Å²) < 4.78 is 37.8. The minimum Gasteiger partial charge on any atom is -0.375 e. The number of benzene rings is 1. The summed E-state index contributed by atoms with van der Waals surface area (Å²) in [5.74, 6) is -1.86. The van der Waals surface area contributed by atoms with E-state index in [-0.39, 0.29) is 41.3 Å². The molecular weight excluding hydrogens is 554 g/mol. The highest BCUT2D eigenvalue weighted by Crippen LogP contribution is 2.40. The molecule has 12 heteroatoms. The predicted octanol–water partition coefficient (Wildman–Crippen LogP) is 5.09. The van der Waals surface area contributed by atoms with Crippen LogP contribution in [0.25, 0.3) is 16.8 Å². The standard InChI is InChI=1S/C31H34F2N8O2/c1-17(2)38-30(42)22-6-7-23(32)27(28(22)33)25-8-5-20-15-37-31(41(20)40-25)39-26-16-36-11-9-21(26)19-13-18(3)29(24(35)14-19)43-12-4-10-34/h5-9,11,15-19,24,29H,4,12-14,35H2,1-3H3,(H,37,39)(H,38,42)/t18-,19+,24+,29-/m0/s1. The molecule has 1 fully saturated rings. The van der Waals surface area contributed by atoms with E-state index in [0.29, 0.717) is 36.6 Å². The number of nitrogens with one attached hydrogen (secondary N) is 2. The fourth-order valence-corrected chi connectivity index (χ4v) is 5.74. The zero-order valence-corrected chi connectivity index (χ0v) is 24.2. The van der Waals surface area contributed by atoms with Crippen LogP contribution in [0.2, 0.25) is 0 Å². The van der Waals surface area contributed by atoms with Gasteiger partial charge in [-0.3, -0.25) is 9.78 Å². The molecule has 43 heavy (non-hydrogen) atoms. The summed E-state index contributed by atoms with van der Waals surface area (Å²) in [5.41, 5.74) is 8.16. The Hall–Kier alpha value is -4.47. The monoisotopic (exact) mass is 588 g/mol. The molecule has 5 rings (SSSR count). The van der Waals surface area contributed by atoms with Crippen LogP contribution in [0.5, 0.6) is 0 Å². The lowest BCUT2D eigenvalue weighted by molar-refractivity contribution is -0.0198. The van der Waals surface area contributed by atoms with Gasteiger partial charge in [0.15, 0.2) is 0 Å². The largest absolute Gasteiger partial charge is 0.375 e. The Kier molecular flexibility index (Phi) is 8.94. The van der Waals surface area contributed by atoms with Gasteiger partial charge in [0.2, 0.25) is 5.95 Å². The van der Waals surface area contributed by atoms with Crippen LogP contribution in [0.1, 0.15) is 61.9 Å². The molecule has 0 bridgehead atoms. The minimum absolute atomic E-state index is 0.00340. The number of carbonyl (C=O) groups excluding carboxylic acids is 1. The first-order valence-corrected chi connectivity index (χ1v) is 14.3. The molecule has 1 aliphatic carbocycles. The van der Waals surface area contributed by atoms with Crippen molar-refractivity contribution in [2.75, 3.05) is 11.9 Å². The Balaban J connectivity index is 1.44. The van der Waals surface area contributed by atoms with Gasteiger partial charge < -0.3 is 21.1 Å². The summed E-state index contributed by atoms with van der Waals surface area (Å²) in [5, 5.41) is 19.3. The predicted molar refractivity (Wildman–Crippen MR) is 158 cm³/mol. The van der Waals surface area contributed by atoms with Crippen molar-refractivity contribution in [1.82, 2.24) is 24.9 Å². The van der Waals surface area contributed by atoms with Crippen molar-refractivity contribution in [1.29, 1.82) is 5.26 Å². The first kappa shape index (κ1) is 30.0. The van der Waals surface area contributed by atoms with Crippen molar-refractivity contribution >= 4 is 23.1 Å². The van der Waals surface area contributed by atoms with E-state index < -0.39 is 23.1 Å². The highest BCUT2D eigenvalue weighted by molar-refractivity contribution is 5.96. The second kappa shape index (κ2) is 12.8. The van der Waals surface area contributed by atoms with Gasteiger partial charge in [-0.1, -0.05) is 6.92 Å². The van der Waals surface area contributed by atoms with Crippen LogP contribution < -0.4 is 16.4 Å². The number of hydrogen-bond donors (Lipinski definition) is 3. The Labute approximate surface area is 248 Å². The number of nitrogens with two attached hydrogens (primary N) is 1. The first-order valence-electron chi connectivity index (χ1n) is 14.3. The number of fused-ring (bicyclic) bond motifs is 1. The third-order valence-electron chi connectivity index (χ3n) is 7.66. The molecule has 1 aliphatic rings. The molecule has 1 saturated carbocycles. The number of halogens is 2. The first-order chi connectivity index (χ1) is 20.7. The summed E-state index contributed by atoms with van der Waals surface area (Å²) >= 11 is 0. The van der Waals surface area contributed by atoms with Crippen LogP contribution >= 0.6 is 0 Å². The second-order valence-electron chi connectivity index (χ2n) is 11.2. The number of carbonyl (C=O) groups is 1. The van der Waals surface area contributed by atoms with E-state index in [2.05, 4.69) is 38.7 Å². The Morgan fingerprint density at radius 3 is 2.77 bits per heavy atom. The van der Waals surface area contributed by atoms with Crippen LogP contribution in [-0.2, 0) is 4.74 Å². The fraction of sp³-hybridized carbons (Fsp3) is 0.387. The maximum absolute atomic E-state index is 15.5. The van der Waals surface area contributed by atoms with Crippen LogP contribution in [0.3, 0.4) is 0 Å². The molecule has 0 spiro atoms. The summed E-state index contributed by atoms with van der Waals surface area (Å²) in [6.07, 6.45) is 6.72. The third-order valence-corrected chi connectivity index (χ3v) is 7.66. The van der Waals surface area contributed by atoms with Crippen molar-refractivity contribution in [3.05, 3.63) is 71.7 Å². The lowest BCUT2D eigenvalue weighted by Gasteiger charge is -2.39. The van der Waals surface area contributed by atoms with Gasteiger partial charge in [-0.15, -0.1) is 0 Å². The van der Waals surface area contributed by atoms with E-state index >= 15 is 4.39 Å². The topological polar surface area (TPSA) is 143 Å². The quantitative estimate of drug-likeness (QED) is 0.230. The van der Waals surface area contributed by atoms with Crippen molar-refractivity contribution in [2.45, 2.75) is 64.1 Å². The molecule has 4 atom stereocenters. The Bertz CT molecular complexity index is 1660. The van der Waals surface area contributed by atoms with E-state index in [4.69, 9.17) is 15.7 Å². The second-order valence-corrected chi connectivity index (χ2v) is 11.2. The highest BCUT2D eigenvalue weighted by Gasteiger charge is 2.36. The van der Waals surface area contributed by atoms with Crippen LogP contribution in [0, 0.1) is 28.9 Å². The van der Waals surface area contributed by atoms with Gasteiger partial charge in [0.05, 0.1) is 65.6 Å². The molecule has 1 amide bonds. The number of rotatable bonds is 9. The van der Waals surface area contributed by atoms with Crippen molar-refractivity contribution in [3.63, 3.8) is 0 Å². The zero-order chi connectivity index (χ0) is 30.7. The van der Waals surface area contributed by atoms with Crippen molar-refractivity contribution in [2.24, 2.45) is 11.7 Å². The average molecular weight is 589 g/mol. The third kappa shape index (κ3) is 6.33. The Morgan fingerprint density at radius 2 is 2.02 bits per heavy atom. The summed E-state index contributed by atoms with van der Waals surface area (Å²) in [6, 6.07) is 8.94. The molecule has 3 heterocycles. The van der Waals surface area contributed by atoms with Crippen molar-refractivity contribution < 1.29 is 18.3 Å². The van der Waals surface area contributed by atoms with Crippen LogP contribution in [-0.4, -0.2) is 50.3 Å². The number of pyridine rings is 1. The van der Waals surface area contributed by atoms with Gasteiger partial charge in [0.1, 0.15) is 11.6 Å². The number of ether oxygens (including phenoxy) is 1. The maximum atomic E-state index is 15.5. The number of amides is 1. The molecule has 10 nitrogen and oxygen atoms in total. The zero-order valence-electron chi connectivity index (χ0n) is 24.2. The summed E-state index contributed by atoms with van der Waals surface area (Å²) in [7, 11) is 0. The number of hydrogen-bond acceptors (Lipinski definition) is 8. The molecule has 3 aromatic heterocycles. The lowest BCUT2D eigenvalue weighted by atomic mass is 9.74. The summed E-state index contributed by atoms with van der Waals surface area (Å²) in [4.78, 5) is 21.3. The number of aromatic nitrogens is 4. The van der Waals surface area contributed by atoms with Gasteiger partial charge in [0, 0.05) is 18.3 Å². The SMILES string of the molecule is CC(C)NC(=O)c1ccc(F)c(-c2ccc3cnc(Nc4cnccc4[C@H]4C[C@@H](N)[C@@H](OCCC#N)[C@@H](C)C4)n3n2)c1F. The average Bonchev–Trinajstić information content (AvgIpc) is 3.36. The van der Waals surface area contributed by atoms with E-state index in [1.807, 2.05) is 6.07 Å². The van der Waals surface area contributed by atoms with Gasteiger partial charge in [-0.2, -0.15) is 14.9 Å². The van der Waals surface area contributed by atoms with E-state index in [0.717, 1.165) is 24.1 Å². The van der Waals surface area contributed by atoms with Gasteiger partial charge in [-0.25, -0.2) is 13.8 Å². The number of anilines is 2. The molecule has 4 aromatic rings. The molecule has 0 saturated heterocycles. The highest BCUT2D eigenvalue weighted by atomic mass is 19.1. The summed E-state index contributed by atoms with van der Waals surface area (Å²) in [6.45, 7) is 5.97. The normalized spacial score (nSPS) is 20.2. The van der Waals surface area contributed by atoms with Crippen molar-refractivity contribution in [3.8, 4) is 17.3 Å². The molecule has 0 radical (unpaired) electrons. The molecule has 1 aromatic carbocycles. The molecule has 224 valence electrons. The molecule has 0 aliphatic heterocycles. The van der Waals surface area contributed by atoms with Crippen LogP contribution in [0.4, 0.5) is 20.4 Å². The Morgan fingerprint density at radius 1 is 1.21 bits per heavy atom. The minimum atomic E-state index is -0.994. The fourth-order valence-electron chi connectivity index (χ4n) is 5.74. The van der Waals surface area contributed by atoms with E-state index in [1.165, 1.54) is 10.6 Å². The lowest BCUT2D eigenvalue weighted by Crippen LogP contribution is -2.46. The van der Waals surface area contributed by atoms with Crippen LogP contribution in [0.15, 0.2) is 48.9 Å². The van der Waals surface area contributed by atoms with Gasteiger partial charge in [0.25, 0.3) is 5.91 Å². The molecular formula is C31H34F2N8O2. The van der Waals surface area contributed by atoms with Gasteiger partial charge in [-0.05, 0) is 74.4 Å². The van der Waals surface area contributed by atoms with Gasteiger partial charge >= 0.3 is 0 Å². The van der Waals surface area contributed by atoms with E-state index in [9.17, 15) is 9.18 Å². The number of nitrogens with zero attached hydrogens (tertiary/aromatic N) is 5. The maximum Gasteiger partial charge on any atom is 0.254 e. The molecule has 4 N–H and O–H groups in total. The smallest absolute Gasteiger partial charge is 0.254 e. The molecule has 0 unspecified atom stereocenters. The van der Waals surface area contributed by atoms with E-state index in [1.54, 1.807) is 38.5 Å². The number of nitriles is 1.